The van der Waals surface area contributed by atoms with Gasteiger partial charge in [-0.2, -0.15) is 5.10 Å². The molecule has 0 saturated carbocycles. The third-order valence-electron chi connectivity index (χ3n) is 4.03. The molecule has 0 amide bonds. The highest BCUT2D eigenvalue weighted by Crippen LogP contribution is 2.21. The number of carbonyl (C=O) groups is 1. The predicted molar refractivity (Wildman–Crippen MR) is 95.0 cm³/mol. The van der Waals surface area contributed by atoms with Gasteiger partial charge in [-0.15, -0.1) is 5.10 Å². The van der Waals surface area contributed by atoms with E-state index in [0.717, 1.165) is 5.56 Å². The number of hydrogen-bond donors (Lipinski definition) is 1. The van der Waals surface area contributed by atoms with Crippen molar-refractivity contribution in [2.45, 2.75) is 6.54 Å². The summed E-state index contributed by atoms with van der Waals surface area (Å²) in [6, 6.07) is 12.8. The topological polar surface area (TPSA) is 85.8 Å². The second kappa shape index (κ2) is 6.83. The Labute approximate surface area is 153 Å². The van der Waals surface area contributed by atoms with E-state index in [9.17, 15) is 14.3 Å². The van der Waals surface area contributed by atoms with Crippen LogP contribution in [-0.4, -0.2) is 35.9 Å². The molecule has 1 N–H and O–H groups in total. The minimum atomic E-state index is -1.02. The average molecular weight is 363 g/mol. The van der Waals surface area contributed by atoms with E-state index >= 15 is 0 Å². The van der Waals surface area contributed by atoms with E-state index in [-0.39, 0.29) is 11.4 Å². The molecule has 0 saturated heterocycles. The van der Waals surface area contributed by atoms with Crippen molar-refractivity contribution in [3.8, 4) is 16.9 Å². The van der Waals surface area contributed by atoms with Gasteiger partial charge in [0.25, 0.3) is 0 Å². The second-order valence-corrected chi connectivity index (χ2v) is 5.93. The van der Waals surface area contributed by atoms with E-state index in [4.69, 9.17) is 0 Å². The van der Waals surface area contributed by atoms with Gasteiger partial charge >= 0.3 is 5.97 Å². The van der Waals surface area contributed by atoms with Gasteiger partial charge in [0, 0.05) is 17.3 Å². The van der Waals surface area contributed by atoms with Crippen molar-refractivity contribution >= 4 is 5.97 Å². The molecule has 0 atom stereocenters. The monoisotopic (exact) mass is 363 g/mol. The predicted octanol–water partition coefficient (Wildman–Crippen LogP) is 3.02. The number of rotatable bonds is 5. The van der Waals surface area contributed by atoms with E-state index < -0.39 is 5.97 Å². The zero-order valence-electron chi connectivity index (χ0n) is 14.0. The zero-order chi connectivity index (χ0) is 18.8. The average Bonchev–Trinajstić information content (AvgIpc) is 3.32. The number of aromatic carboxylic acids is 1. The number of carboxylic acids is 1. The molecule has 0 aliphatic heterocycles. The van der Waals surface area contributed by atoms with Crippen LogP contribution < -0.4 is 0 Å². The van der Waals surface area contributed by atoms with Gasteiger partial charge in [-0.25, -0.2) is 18.5 Å². The van der Waals surface area contributed by atoms with Crippen LogP contribution in [0.25, 0.3) is 16.9 Å². The molecule has 134 valence electrons. The van der Waals surface area contributed by atoms with Crippen molar-refractivity contribution < 1.29 is 14.3 Å². The summed E-state index contributed by atoms with van der Waals surface area (Å²) in [5.74, 6) is -1.35. The molecule has 4 rings (SSSR count). The number of aromatic nitrogens is 5. The van der Waals surface area contributed by atoms with Gasteiger partial charge in [0.1, 0.15) is 11.5 Å². The van der Waals surface area contributed by atoms with Gasteiger partial charge in [-0.1, -0.05) is 29.5 Å². The first kappa shape index (κ1) is 16.6. The summed E-state index contributed by atoms with van der Waals surface area (Å²) in [6.07, 6.45) is 5.13. The van der Waals surface area contributed by atoms with Crippen LogP contribution in [0, 0.1) is 5.82 Å². The van der Waals surface area contributed by atoms with E-state index in [1.54, 1.807) is 58.3 Å². The standard InChI is InChI=1S/C19H14FN5O2/c20-14-4-3-5-15(8-14)25-11-13(9-21-25)10-24-12-18(22-23-24)16-6-1-2-7-17(16)19(26)27/h1-9,11-12H,10H2,(H,26,27). The number of carboxylic acid groups (broad SMARTS) is 1. The Bertz CT molecular complexity index is 1120. The van der Waals surface area contributed by atoms with Crippen LogP contribution in [0.2, 0.25) is 0 Å². The van der Waals surface area contributed by atoms with Crippen LogP contribution in [0.1, 0.15) is 15.9 Å². The highest BCUT2D eigenvalue weighted by Gasteiger charge is 2.14. The van der Waals surface area contributed by atoms with Gasteiger partial charge in [0.2, 0.25) is 0 Å². The summed E-state index contributed by atoms with van der Waals surface area (Å²) < 4.78 is 16.5. The Morgan fingerprint density at radius 3 is 2.78 bits per heavy atom. The summed E-state index contributed by atoms with van der Waals surface area (Å²) in [6.45, 7) is 0.400. The molecule has 0 bridgehead atoms. The quantitative estimate of drug-likeness (QED) is 0.589. The summed E-state index contributed by atoms with van der Waals surface area (Å²) in [5, 5.41) is 21.7. The first-order valence-electron chi connectivity index (χ1n) is 8.12. The third-order valence-corrected chi connectivity index (χ3v) is 4.03. The van der Waals surface area contributed by atoms with Crippen LogP contribution in [0.3, 0.4) is 0 Å². The molecule has 7 nitrogen and oxygen atoms in total. The van der Waals surface area contributed by atoms with Gasteiger partial charge in [-0.3, -0.25) is 0 Å². The van der Waals surface area contributed by atoms with Crippen LogP contribution in [0.15, 0.2) is 67.1 Å². The lowest BCUT2D eigenvalue weighted by Gasteiger charge is -2.01. The first-order valence-corrected chi connectivity index (χ1v) is 8.12. The number of hydrogen-bond acceptors (Lipinski definition) is 4. The molecular formula is C19H14FN5O2. The fourth-order valence-electron chi connectivity index (χ4n) is 2.78. The summed E-state index contributed by atoms with van der Waals surface area (Å²) in [4.78, 5) is 11.4. The number of benzene rings is 2. The summed E-state index contributed by atoms with van der Waals surface area (Å²) >= 11 is 0. The Morgan fingerprint density at radius 1 is 1.11 bits per heavy atom. The number of halogens is 1. The van der Waals surface area contributed by atoms with Gasteiger partial charge in [0.05, 0.1) is 30.2 Å². The minimum Gasteiger partial charge on any atom is -0.478 e. The zero-order valence-corrected chi connectivity index (χ0v) is 14.0. The SMILES string of the molecule is O=C(O)c1ccccc1-c1cn(Cc2cnn(-c3cccc(F)c3)c2)nn1. The molecule has 2 heterocycles. The first-order chi connectivity index (χ1) is 13.1. The van der Waals surface area contributed by atoms with E-state index in [1.807, 2.05) is 0 Å². The largest absolute Gasteiger partial charge is 0.478 e. The van der Waals surface area contributed by atoms with Crippen LogP contribution in [-0.2, 0) is 6.54 Å². The molecular weight excluding hydrogens is 349 g/mol. The Kier molecular flexibility index (Phi) is 4.21. The fourth-order valence-corrected chi connectivity index (χ4v) is 2.78. The minimum absolute atomic E-state index is 0.170. The molecule has 2 aromatic carbocycles. The normalized spacial score (nSPS) is 10.9. The maximum atomic E-state index is 13.4. The maximum Gasteiger partial charge on any atom is 0.336 e. The molecule has 0 aliphatic rings. The third kappa shape index (κ3) is 3.45. The molecule has 4 aromatic rings. The van der Waals surface area contributed by atoms with Crippen molar-refractivity contribution in [3.63, 3.8) is 0 Å². The highest BCUT2D eigenvalue weighted by atomic mass is 19.1. The molecule has 2 aromatic heterocycles. The fraction of sp³-hybridized carbons (Fsp3) is 0.0526. The maximum absolute atomic E-state index is 13.4. The van der Waals surface area contributed by atoms with Crippen molar-refractivity contribution in [1.29, 1.82) is 0 Å². The Balaban J connectivity index is 1.57. The smallest absolute Gasteiger partial charge is 0.336 e. The lowest BCUT2D eigenvalue weighted by Crippen LogP contribution is -2.00. The lowest BCUT2D eigenvalue weighted by molar-refractivity contribution is 0.0697. The summed E-state index contributed by atoms with van der Waals surface area (Å²) in [5.41, 5.74) is 2.62. The molecule has 0 aliphatic carbocycles. The summed E-state index contributed by atoms with van der Waals surface area (Å²) in [7, 11) is 0. The molecule has 0 spiro atoms. The second-order valence-electron chi connectivity index (χ2n) is 5.93. The van der Waals surface area contributed by atoms with Gasteiger partial charge in [0.15, 0.2) is 0 Å². The van der Waals surface area contributed by atoms with Crippen molar-refractivity contribution in [3.05, 3.63) is 84.1 Å². The Morgan fingerprint density at radius 2 is 1.96 bits per heavy atom. The van der Waals surface area contributed by atoms with E-state index in [0.29, 0.717) is 23.5 Å². The molecule has 0 fully saturated rings. The van der Waals surface area contributed by atoms with Crippen LogP contribution >= 0.6 is 0 Å². The van der Waals surface area contributed by atoms with Gasteiger partial charge < -0.3 is 5.11 Å². The molecule has 27 heavy (non-hydrogen) atoms. The Hall–Kier alpha value is -3.81. The molecule has 0 radical (unpaired) electrons. The van der Waals surface area contributed by atoms with Crippen molar-refractivity contribution in [1.82, 2.24) is 24.8 Å². The molecule has 0 unspecified atom stereocenters. The van der Waals surface area contributed by atoms with Crippen molar-refractivity contribution in [2.24, 2.45) is 0 Å². The van der Waals surface area contributed by atoms with Gasteiger partial charge in [-0.05, 0) is 24.3 Å². The molecule has 8 heteroatoms. The lowest BCUT2D eigenvalue weighted by atomic mass is 10.1. The number of nitrogens with zero attached hydrogens (tertiary/aromatic N) is 5. The van der Waals surface area contributed by atoms with Crippen LogP contribution in [0.5, 0.6) is 0 Å². The van der Waals surface area contributed by atoms with Crippen molar-refractivity contribution in [2.75, 3.05) is 0 Å². The van der Waals surface area contributed by atoms with E-state index in [2.05, 4.69) is 15.4 Å². The highest BCUT2D eigenvalue weighted by molar-refractivity contribution is 5.95. The van der Waals surface area contributed by atoms with E-state index in [1.165, 1.54) is 18.2 Å². The van der Waals surface area contributed by atoms with Crippen LogP contribution in [0.4, 0.5) is 4.39 Å².